The number of carboxylic acid groups (broad SMARTS) is 1. The summed E-state index contributed by atoms with van der Waals surface area (Å²) in [5.41, 5.74) is 0.302. The fourth-order valence-electron chi connectivity index (χ4n) is 1.20. The number of aromatic carboxylic acids is 1. The fourth-order valence-corrected chi connectivity index (χ4v) is 1.93. The lowest BCUT2D eigenvalue weighted by Gasteiger charge is -1.91. The van der Waals surface area contributed by atoms with Crippen LogP contribution >= 0.6 is 11.3 Å². The Labute approximate surface area is 88.6 Å². The number of aromatic nitrogens is 2. The molecule has 2 aromatic heterocycles. The van der Waals surface area contributed by atoms with E-state index in [2.05, 4.69) is 10.2 Å². The molecule has 2 aromatic rings. The topological polar surface area (TPSA) is 89.8 Å². The van der Waals surface area contributed by atoms with Gasteiger partial charge in [-0.05, 0) is 11.4 Å². The molecule has 0 bridgehead atoms. The first-order valence-electron chi connectivity index (χ1n) is 3.99. The van der Waals surface area contributed by atoms with Crippen LogP contribution in [0.25, 0.3) is 10.6 Å². The fraction of sp³-hybridized carbons (Fsp3) is 0. The monoisotopic (exact) mass is 219 g/mol. The number of carbonyl (C=O) groups is 1. The van der Waals surface area contributed by atoms with Crippen LogP contribution in [0.5, 0.6) is 0 Å². The van der Waals surface area contributed by atoms with E-state index in [0.29, 0.717) is 5.69 Å². The smallest absolute Gasteiger partial charge is 0.357 e. The second kappa shape index (κ2) is 3.55. The molecule has 0 aliphatic carbocycles. The summed E-state index contributed by atoms with van der Waals surface area (Å²) in [5, 5.41) is 25.7. The SMILES string of the molecule is N#Cc1c(C(=O)O)n[nH]c1-c1cccs1. The molecule has 0 aliphatic heterocycles. The van der Waals surface area contributed by atoms with Gasteiger partial charge >= 0.3 is 5.97 Å². The number of carboxylic acids is 1. The molecule has 0 radical (unpaired) electrons. The second-order valence-corrected chi connectivity index (χ2v) is 3.66. The number of thiophene rings is 1. The number of nitriles is 1. The average molecular weight is 219 g/mol. The Bertz CT molecular complexity index is 536. The molecular weight excluding hydrogens is 214 g/mol. The summed E-state index contributed by atoms with van der Waals surface area (Å²) >= 11 is 1.42. The minimum atomic E-state index is -1.20. The number of nitrogens with one attached hydrogen (secondary N) is 1. The van der Waals surface area contributed by atoms with Crippen molar-refractivity contribution in [2.45, 2.75) is 0 Å². The van der Waals surface area contributed by atoms with Gasteiger partial charge in [0.15, 0.2) is 5.69 Å². The maximum absolute atomic E-state index is 10.7. The number of hydrogen-bond donors (Lipinski definition) is 2. The molecule has 0 spiro atoms. The number of H-pyrrole nitrogens is 1. The van der Waals surface area contributed by atoms with Crippen molar-refractivity contribution in [3.05, 3.63) is 28.8 Å². The third kappa shape index (κ3) is 1.49. The Morgan fingerprint density at radius 2 is 2.47 bits per heavy atom. The van der Waals surface area contributed by atoms with Crippen LogP contribution in [-0.4, -0.2) is 21.3 Å². The number of aromatic amines is 1. The molecule has 74 valence electrons. The zero-order valence-electron chi connectivity index (χ0n) is 7.39. The number of rotatable bonds is 2. The number of nitrogens with zero attached hydrogens (tertiary/aromatic N) is 2. The number of hydrogen-bond acceptors (Lipinski definition) is 4. The zero-order chi connectivity index (χ0) is 10.8. The highest BCUT2D eigenvalue weighted by atomic mass is 32.1. The first kappa shape index (κ1) is 9.43. The molecule has 15 heavy (non-hydrogen) atoms. The Morgan fingerprint density at radius 1 is 1.67 bits per heavy atom. The molecule has 2 heterocycles. The van der Waals surface area contributed by atoms with Crippen molar-refractivity contribution >= 4 is 17.3 Å². The average Bonchev–Trinajstić information content (AvgIpc) is 2.85. The Hall–Kier alpha value is -2.13. The molecule has 0 amide bonds. The molecule has 0 aromatic carbocycles. The van der Waals surface area contributed by atoms with Crippen molar-refractivity contribution in [1.82, 2.24) is 10.2 Å². The van der Waals surface area contributed by atoms with Crippen molar-refractivity contribution in [3.8, 4) is 16.6 Å². The van der Waals surface area contributed by atoms with Crippen LogP contribution in [0.15, 0.2) is 17.5 Å². The molecule has 6 heteroatoms. The Balaban J connectivity index is 2.61. The zero-order valence-corrected chi connectivity index (χ0v) is 8.21. The third-order valence-electron chi connectivity index (χ3n) is 1.85. The van der Waals surface area contributed by atoms with Crippen molar-refractivity contribution in [1.29, 1.82) is 5.26 Å². The van der Waals surface area contributed by atoms with Gasteiger partial charge in [0.25, 0.3) is 0 Å². The van der Waals surface area contributed by atoms with E-state index in [1.54, 1.807) is 6.07 Å². The molecular formula is C9H5N3O2S. The predicted octanol–water partition coefficient (Wildman–Crippen LogP) is 1.71. The van der Waals surface area contributed by atoms with Gasteiger partial charge in [0, 0.05) is 0 Å². The van der Waals surface area contributed by atoms with Gasteiger partial charge in [-0.25, -0.2) is 4.79 Å². The summed E-state index contributed by atoms with van der Waals surface area (Å²) in [4.78, 5) is 11.5. The summed E-state index contributed by atoms with van der Waals surface area (Å²) in [6, 6.07) is 5.46. The van der Waals surface area contributed by atoms with Crippen LogP contribution in [-0.2, 0) is 0 Å². The quantitative estimate of drug-likeness (QED) is 0.804. The van der Waals surface area contributed by atoms with Crippen LogP contribution < -0.4 is 0 Å². The van der Waals surface area contributed by atoms with Gasteiger partial charge in [0.05, 0.1) is 10.6 Å². The molecule has 2 rings (SSSR count). The molecule has 2 N–H and O–H groups in total. The Morgan fingerprint density at radius 3 is 3.00 bits per heavy atom. The first-order valence-corrected chi connectivity index (χ1v) is 4.87. The van der Waals surface area contributed by atoms with Crippen LogP contribution in [0, 0.1) is 11.3 Å². The van der Waals surface area contributed by atoms with Crippen molar-refractivity contribution in [2.24, 2.45) is 0 Å². The Kier molecular flexibility index (Phi) is 2.23. The van der Waals surface area contributed by atoms with Gasteiger partial charge < -0.3 is 5.11 Å². The van der Waals surface area contributed by atoms with E-state index in [1.165, 1.54) is 11.3 Å². The van der Waals surface area contributed by atoms with E-state index < -0.39 is 5.97 Å². The highest BCUT2D eigenvalue weighted by Crippen LogP contribution is 2.27. The lowest BCUT2D eigenvalue weighted by Crippen LogP contribution is -1.99. The van der Waals surface area contributed by atoms with E-state index in [0.717, 1.165) is 4.88 Å². The van der Waals surface area contributed by atoms with Crippen molar-refractivity contribution in [3.63, 3.8) is 0 Å². The maximum Gasteiger partial charge on any atom is 0.357 e. The van der Waals surface area contributed by atoms with Gasteiger partial charge in [0.1, 0.15) is 11.6 Å². The van der Waals surface area contributed by atoms with Gasteiger partial charge in [-0.3, -0.25) is 5.10 Å². The molecule has 0 saturated heterocycles. The van der Waals surface area contributed by atoms with E-state index in [-0.39, 0.29) is 11.3 Å². The summed E-state index contributed by atoms with van der Waals surface area (Å²) < 4.78 is 0. The van der Waals surface area contributed by atoms with Crippen LogP contribution in [0.3, 0.4) is 0 Å². The largest absolute Gasteiger partial charge is 0.476 e. The van der Waals surface area contributed by atoms with E-state index in [9.17, 15) is 4.79 Å². The van der Waals surface area contributed by atoms with E-state index >= 15 is 0 Å². The van der Waals surface area contributed by atoms with Gasteiger partial charge in [-0.1, -0.05) is 6.07 Å². The van der Waals surface area contributed by atoms with Crippen LogP contribution in [0.2, 0.25) is 0 Å². The van der Waals surface area contributed by atoms with E-state index in [4.69, 9.17) is 10.4 Å². The molecule has 0 fully saturated rings. The molecule has 0 aliphatic rings. The van der Waals surface area contributed by atoms with Crippen molar-refractivity contribution in [2.75, 3.05) is 0 Å². The third-order valence-corrected chi connectivity index (χ3v) is 2.74. The van der Waals surface area contributed by atoms with Gasteiger partial charge in [-0.2, -0.15) is 10.4 Å². The van der Waals surface area contributed by atoms with Crippen molar-refractivity contribution < 1.29 is 9.90 Å². The van der Waals surface area contributed by atoms with Crippen LogP contribution in [0.1, 0.15) is 16.1 Å². The van der Waals surface area contributed by atoms with Crippen LogP contribution in [0.4, 0.5) is 0 Å². The highest BCUT2D eigenvalue weighted by Gasteiger charge is 2.19. The molecule has 0 unspecified atom stereocenters. The molecule has 0 saturated carbocycles. The molecule has 5 nitrogen and oxygen atoms in total. The summed E-state index contributed by atoms with van der Waals surface area (Å²) in [5.74, 6) is -1.20. The second-order valence-electron chi connectivity index (χ2n) is 2.72. The summed E-state index contributed by atoms with van der Waals surface area (Å²) in [6.45, 7) is 0. The minimum Gasteiger partial charge on any atom is -0.476 e. The lowest BCUT2D eigenvalue weighted by atomic mass is 10.2. The molecule has 0 atom stereocenters. The summed E-state index contributed by atoms with van der Waals surface area (Å²) in [7, 11) is 0. The highest BCUT2D eigenvalue weighted by molar-refractivity contribution is 7.13. The van der Waals surface area contributed by atoms with E-state index in [1.807, 2.05) is 17.5 Å². The lowest BCUT2D eigenvalue weighted by molar-refractivity contribution is 0.0690. The van der Waals surface area contributed by atoms with Gasteiger partial charge in [-0.15, -0.1) is 11.3 Å². The maximum atomic E-state index is 10.7. The minimum absolute atomic E-state index is 0.0740. The normalized spacial score (nSPS) is 9.80. The first-order chi connectivity index (χ1) is 7.24. The predicted molar refractivity (Wildman–Crippen MR) is 53.6 cm³/mol. The summed E-state index contributed by atoms with van der Waals surface area (Å²) in [6.07, 6.45) is 0. The van der Waals surface area contributed by atoms with Gasteiger partial charge in [0.2, 0.25) is 0 Å². The standard InChI is InChI=1S/C9H5N3O2S/c10-4-5-7(6-2-1-3-15-6)11-12-8(5)9(13)14/h1-3H,(H,11,12)(H,13,14).